The molecule has 1 aliphatic heterocycles. The minimum atomic E-state index is -4.85. The number of nitrogens with zero attached hydrogens (tertiary/aromatic N) is 4. The van der Waals surface area contributed by atoms with Crippen molar-refractivity contribution in [2.24, 2.45) is 0 Å². The maximum Gasteiger partial charge on any atom is 0.434 e. The first-order valence-corrected chi connectivity index (χ1v) is 9.26. The molecule has 0 bridgehead atoms. The Morgan fingerprint density at radius 1 is 1.00 bits per heavy atom. The highest BCUT2D eigenvalue weighted by Gasteiger charge is 2.41. The minimum absolute atomic E-state index is 0.0696. The van der Waals surface area contributed by atoms with Crippen molar-refractivity contribution in [3.8, 4) is 5.69 Å². The molecule has 0 spiro atoms. The van der Waals surface area contributed by atoms with Gasteiger partial charge in [-0.25, -0.2) is 4.68 Å². The fraction of sp³-hybridized carbons (Fsp3) is 0.474. The first-order chi connectivity index (χ1) is 14.0. The molecule has 0 atom stereocenters. The highest BCUT2D eigenvalue weighted by molar-refractivity contribution is 5.95. The smallest absolute Gasteiger partial charge is 0.337 e. The van der Waals surface area contributed by atoms with Crippen LogP contribution in [0.4, 0.5) is 26.3 Å². The molecule has 5 nitrogen and oxygen atoms in total. The zero-order chi connectivity index (χ0) is 22.1. The molecule has 1 fully saturated rings. The summed E-state index contributed by atoms with van der Waals surface area (Å²) in [4.78, 5) is 15.1. The van der Waals surface area contributed by atoms with Gasteiger partial charge in [0.15, 0.2) is 5.69 Å². The zero-order valence-corrected chi connectivity index (χ0v) is 16.1. The van der Waals surface area contributed by atoms with Gasteiger partial charge in [0, 0.05) is 26.2 Å². The molecule has 0 saturated carbocycles. The van der Waals surface area contributed by atoms with E-state index in [1.807, 2.05) is 0 Å². The lowest BCUT2D eigenvalue weighted by molar-refractivity contribution is -0.145. The lowest BCUT2D eigenvalue weighted by atomic mass is 10.2. The van der Waals surface area contributed by atoms with Crippen molar-refractivity contribution in [2.45, 2.75) is 25.7 Å². The lowest BCUT2D eigenvalue weighted by Gasteiger charge is -2.23. The number of alkyl halides is 6. The van der Waals surface area contributed by atoms with E-state index >= 15 is 0 Å². The standard InChI is InChI=1S/C19H20F6N4O/c1-13-3-5-14(6-4-13)29-16(19(23,24)25)15(11-26-29)17(30)28-8-2-7-27(9-10-28)12-18(20,21)22/h3-6,11H,2,7-10,12H2,1H3. The number of rotatable bonds is 3. The summed E-state index contributed by atoms with van der Waals surface area (Å²) in [6.45, 7) is 0.682. The van der Waals surface area contributed by atoms with Crippen LogP contribution < -0.4 is 0 Å². The Kier molecular flexibility index (Phi) is 6.11. The van der Waals surface area contributed by atoms with E-state index in [0.717, 1.165) is 21.6 Å². The third-order valence-corrected chi connectivity index (χ3v) is 4.83. The van der Waals surface area contributed by atoms with Crippen molar-refractivity contribution in [3.05, 3.63) is 47.3 Å². The van der Waals surface area contributed by atoms with Crippen molar-refractivity contribution in [2.75, 3.05) is 32.7 Å². The molecule has 0 aliphatic carbocycles. The Morgan fingerprint density at radius 2 is 1.67 bits per heavy atom. The van der Waals surface area contributed by atoms with Crippen LogP contribution in [-0.2, 0) is 6.18 Å². The zero-order valence-electron chi connectivity index (χ0n) is 16.1. The highest BCUT2D eigenvalue weighted by atomic mass is 19.4. The molecule has 164 valence electrons. The van der Waals surface area contributed by atoms with Crippen molar-refractivity contribution in [1.82, 2.24) is 19.6 Å². The molecule has 0 radical (unpaired) electrons. The van der Waals surface area contributed by atoms with E-state index in [4.69, 9.17) is 0 Å². The molecule has 30 heavy (non-hydrogen) atoms. The molecule has 1 aromatic carbocycles. The SMILES string of the molecule is Cc1ccc(-n2ncc(C(=O)N3CCCN(CC(F)(F)F)CC3)c2C(F)(F)F)cc1. The largest absolute Gasteiger partial charge is 0.434 e. The number of amides is 1. The monoisotopic (exact) mass is 434 g/mol. The maximum atomic E-state index is 13.8. The number of hydrogen-bond donors (Lipinski definition) is 0. The van der Waals surface area contributed by atoms with Gasteiger partial charge in [-0.2, -0.15) is 31.4 Å². The summed E-state index contributed by atoms with van der Waals surface area (Å²) >= 11 is 0. The van der Waals surface area contributed by atoms with E-state index < -0.39 is 36.1 Å². The van der Waals surface area contributed by atoms with Crippen molar-refractivity contribution >= 4 is 5.91 Å². The third-order valence-electron chi connectivity index (χ3n) is 4.83. The molecule has 1 aromatic heterocycles. The second-order valence-corrected chi connectivity index (χ2v) is 7.19. The number of benzene rings is 1. The molecule has 2 heterocycles. The summed E-state index contributed by atoms with van der Waals surface area (Å²) in [5.41, 5.74) is -0.817. The number of carbonyl (C=O) groups is 1. The van der Waals surface area contributed by atoms with E-state index in [0.29, 0.717) is 4.68 Å². The van der Waals surface area contributed by atoms with Gasteiger partial charge < -0.3 is 4.90 Å². The van der Waals surface area contributed by atoms with Crippen LogP contribution in [0.5, 0.6) is 0 Å². The number of aromatic nitrogens is 2. The highest BCUT2D eigenvalue weighted by Crippen LogP contribution is 2.34. The number of aryl methyl sites for hydroxylation is 1. The van der Waals surface area contributed by atoms with Crippen LogP contribution in [0.2, 0.25) is 0 Å². The third kappa shape index (κ3) is 5.13. The molecule has 0 unspecified atom stereocenters. The van der Waals surface area contributed by atoms with Crippen LogP contribution in [0.3, 0.4) is 0 Å². The number of halogens is 6. The maximum absolute atomic E-state index is 13.8. The van der Waals surface area contributed by atoms with Gasteiger partial charge in [0.2, 0.25) is 0 Å². The quantitative estimate of drug-likeness (QED) is 0.688. The van der Waals surface area contributed by atoms with Crippen molar-refractivity contribution in [1.29, 1.82) is 0 Å². The van der Waals surface area contributed by atoms with Gasteiger partial charge in [-0.1, -0.05) is 17.7 Å². The first kappa shape index (κ1) is 22.1. The van der Waals surface area contributed by atoms with Crippen LogP contribution in [0.15, 0.2) is 30.5 Å². The number of carbonyl (C=O) groups excluding carboxylic acids is 1. The fourth-order valence-corrected chi connectivity index (χ4v) is 3.42. The summed E-state index contributed by atoms with van der Waals surface area (Å²) in [5, 5.41) is 3.78. The van der Waals surface area contributed by atoms with Gasteiger partial charge in [0.05, 0.1) is 24.0 Å². The van der Waals surface area contributed by atoms with Crippen LogP contribution in [0, 0.1) is 6.92 Å². The molecule has 1 saturated heterocycles. The van der Waals surface area contributed by atoms with Crippen LogP contribution in [-0.4, -0.2) is 64.4 Å². The summed E-state index contributed by atoms with van der Waals surface area (Å²) in [6.07, 6.45) is -8.13. The predicted octanol–water partition coefficient (Wildman–Crippen LogP) is 3.91. The van der Waals surface area contributed by atoms with Gasteiger partial charge in [0.1, 0.15) is 0 Å². The fourth-order valence-electron chi connectivity index (χ4n) is 3.42. The molecular weight excluding hydrogens is 414 g/mol. The van der Waals surface area contributed by atoms with Gasteiger partial charge in [-0.05, 0) is 25.5 Å². The van der Waals surface area contributed by atoms with Gasteiger partial charge in [-0.15, -0.1) is 0 Å². The average Bonchev–Trinajstić information content (AvgIpc) is 2.96. The minimum Gasteiger partial charge on any atom is -0.337 e. The summed E-state index contributed by atoms with van der Waals surface area (Å²) in [7, 11) is 0. The molecule has 0 N–H and O–H groups in total. The molecule has 1 aliphatic rings. The van der Waals surface area contributed by atoms with Gasteiger partial charge in [0.25, 0.3) is 5.91 Å². The molecule has 11 heteroatoms. The summed E-state index contributed by atoms with van der Waals surface area (Å²) in [6, 6.07) is 6.19. The van der Waals surface area contributed by atoms with Crippen LogP contribution in [0.25, 0.3) is 5.69 Å². The van der Waals surface area contributed by atoms with E-state index in [-0.39, 0.29) is 38.3 Å². The van der Waals surface area contributed by atoms with E-state index in [1.54, 1.807) is 19.1 Å². The van der Waals surface area contributed by atoms with Crippen LogP contribution >= 0.6 is 0 Å². The summed E-state index contributed by atoms with van der Waals surface area (Å²) in [5.74, 6) is -0.894. The molecular formula is C19H20F6N4O. The van der Waals surface area contributed by atoms with Gasteiger partial charge in [-0.3, -0.25) is 9.69 Å². The van der Waals surface area contributed by atoms with Crippen molar-refractivity contribution in [3.63, 3.8) is 0 Å². The second-order valence-electron chi connectivity index (χ2n) is 7.19. The Bertz CT molecular complexity index is 888. The number of hydrogen-bond acceptors (Lipinski definition) is 3. The average molecular weight is 434 g/mol. The van der Waals surface area contributed by atoms with Gasteiger partial charge >= 0.3 is 12.4 Å². The topological polar surface area (TPSA) is 41.4 Å². The Labute approximate surface area is 168 Å². The molecule has 2 aromatic rings. The van der Waals surface area contributed by atoms with E-state index in [1.165, 1.54) is 12.1 Å². The van der Waals surface area contributed by atoms with E-state index in [9.17, 15) is 31.1 Å². The Hall–Kier alpha value is -2.56. The Morgan fingerprint density at radius 3 is 2.27 bits per heavy atom. The lowest BCUT2D eigenvalue weighted by Crippen LogP contribution is -2.39. The normalized spacial score (nSPS) is 16.6. The Balaban J connectivity index is 1.86. The first-order valence-electron chi connectivity index (χ1n) is 9.26. The van der Waals surface area contributed by atoms with Crippen molar-refractivity contribution < 1.29 is 31.1 Å². The summed E-state index contributed by atoms with van der Waals surface area (Å²) < 4.78 is 79.9. The van der Waals surface area contributed by atoms with E-state index in [2.05, 4.69) is 5.10 Å². The predicted molar refractivity (Wildman–Crippen MR) is 96.3 cm³/mol. The molecule has 1 amide bonds. The second kappa shape index (κ2) is 8.29. The van der Waals surface area contributed by atoms with Crippen LogP contribution in [0.1, 0.15) is 28.0 Å². The molecule has 3 rings (SSSR count).